The molecular weight excluding hydrogens is 528 g/mol. The number of benzene rings is 4. The SMILES string of the molecule is [CH2-]CCC.[Zr+3].c1ccc([SiH]c2ccccc2)cc1.c1ccc2[cH-]ccc2c1.c1ccc2[cH-]ccc2c1. The number of hydrogen-bond donors (Lipinski definition) is 0. The molecular formula is C34H34SiZr. The van der Waals surface area contributed by atoms with Gasteiger partial charge in [-0.15, -0.1) is 59.3 Å². The fourth-order valence-corrected chi connectivity index (χ4v) is 4.65. The number of fused-ring (bicyclic) bond motifs is 2. The first kappa shape index (κ1) is 29.4. The predicted molar refractivity (Wildman–Crippen MR) is 159 cm³/mol. The monoisotopic (exact) mass is 560 g/mol. The topological polar surface area (TPSA) is 0 Å². The molecule has 0 N–H and O–H groups in total. The molecule has 0 saturated carbocycles. The average Bonchev–Trinajstić information content (AvgIpc) is 3.60. The van der Waals surface area contributed by atoms with Crippen LogP contribution in [0.4, 0.5) is 0 Å². The summed E-state index contributed by atoms with van der Waals surface area (Å²) in [4.78, 5) is 0. The summed E-state index contributed by atoms with van der Waals surface area (Å²) in [6.07, 6.45) is 2.28. The van der Waals surface area contributed by atoms with Crippen molar-refractivity contribution in [1.82, 2.24) is 0 Å². The maximum absolute atomic E-state index is 3.60. The molecule has 0 spiro atoms. The minimum atomic E-state index is 0. The van der Waals surface area contributed by atoms with E-state index in [1.165, 1.54) is 38.3 Å². The molecule has 2 heteroatoms. The standard InChI is InChI=1S/C12H11Si.2C9H7.C4H9.Zr/c1-3-7-11(8-4-1)13-12-9-5-2-6-10-12;2*1-2-5-9-7-3-6-8(9)4-1;1-3-4-2;/h1-10,13H;2*1-7H;1,3-4H2,2H3;/q;3*-1;+3. The summed E-state index contributed by atoms with van der Waals surface area (Å²) in [5.41, 5.74) is 0. The Kier molecular flexibility index (Phi) is 14.4. The van der Waals surface area contributed by atoms with Gasteiger partial charge in [-0.3, -0.25) is 0 Å². The van der Waals surface area contributed by atoms with E-state index in [9.17, 15) is 0 Å². The molecule has 0 aliphatic heterocycles. The van der Waals surface area contributed by atoms with Crippen LogP contribution in [0.1, 0.15) is 19.8 Å². The van der Waals surface area contributed by atoms with Gasteiger partial charge >= 0.3 is 26.2 Å². The van der Waals surface area contributed by atoms with E-state index in [2.05, 4.69) is 159 Å². The first-order valence-corrected chi connectivity index (χ1v) is 13.4. The van der Waals surface area contributed by atoms with Crippen molar-refractivity contribution in [1.29, 1.82) is 0 Å². The van der Waals surface area contributed by atoms with Gasteiger partial charge in [0, 0.05) is 0 Å². The van der Waals surface area contributed by atoms with Crippen molar-refractivity contribution in [2.24, 2.45) is 0 Å². The molecule has 0 bridgehead atoms. The summed E-state index contributed by atoms with van der Waals surface area (Å²) < 4.78 is 0. The zero-order chi connectivity index (χ0) is 24.6. The fourth-order valence-electron chi connectivity index (χ4n) is 3.43. The Morgan fingerprint density at radius 2 is 0.917 bits per heavy atom. The van der Waals surface area contributed by atoms with E-state index in [-0.39, 0.29) is 35.7 Å². The number of unbranched alkanes of at least 4 members (excludes halogenated alkanes) is 1. The molecule has 0 aliphatic rings. The summed E-state index contributed by atoms with van der Waals surface area (Å²) >= 11 is 0. The molecule has 6 aromatic rings. The Labute approximate surface area is 238 Å². The molecule has 0 amide bonds. The molecule has 0 aliphatic carbocycles. The Bertz CT molecular complexity index is 1170. The van der Waals surface area contributed by atoms with Gasteiger partial charge in [0.1, 0.15) is 9.52 Å². The maximum Gasteiger partial charge on any atom is 3.00 e. The van der Waals surface area contributed by atoms with E-state index in [0.717, 1.165) is 6.42 Å². The predicted octanol–water partition coefficient (Wildman–Crippen LogP) is 7.81. The van der Waals surface area contributed by atoms with Crippen molar-refractivity contribution in [2.45, 2.75) is 19.8 Å². The molecule has 0 heterocycles. The van der Waals surface area contributed by atoms with Crippen molar-refractivity contribution >= 4 is 41.4 Å². The Balaban J connectivity index is 0.000000178. The summed E-state index contributed by atoms with van der Waals surface area (Å²) in [5.74, 6) is 0. The van der Waals surface area contributed by atoms with Gasteiger partial charge in [-0.2, -0.15) is 41.5 Å². The van der Waals surface area contributed by atoms with Crippen molar-refractivity contribution in [3.8, 4) is 0 Å². The van der Waals surface area contributed by atoms with Crippen LogP contribution in [-0.4, -0.2) is 9.52 Å². The minimum absolute atomic E-state index is 0. The second kappa shape index (κ2) is 17.6. The summed E-state index contributed by atoms with van der Waals surface area (Å²) in [5, 5.41) is 8.23. The first-order chi connectivity index (χ1) is 17.3. The molecule has 0 fully saturated rings. The van der Waals surface area contributed by atoms with E-state index in [4.69, 9.17) is 0 Å². The molecule has 0 atom stereocenters. The van der Waals surface area contributed by atoms with Crippen molar-refractivity contribution < 1.29 is 26.2 Å². The third-order valence-electron chi connectivity index (χ3n) is 5.38. The van der Waals surface area contributed by atoms with E-state index >= 15 is 0 Å². The molecule has 36 heavy (non-hydrogen) atoms. The molecule has 0 saturated heterocycles. The normalized spacial score (nSPS) is 9.50. The van der Waals surface area contributed by atoms with E-state index in [0.29, 0.717) is 0 Å². The average molecular weight is 562 g/mol. The van der Waals surface area contributed by atoms with Gasteiger partial charge in [-0.05, 0) is 0 Å². The van der Waals surface area contributed by atoms with Gasteiger partial charge in [0.25, 0.3) is 0 Å². The van der Waals surface area contributed by atoms with Gasteiger partial charge in [0.15, 0.2) is 0 Å². The van der Waals surface area contributed by atoms with Gasteiger partial charge in [-0.25, -0.2) is 0 Å². The third kappa shape index (κ3) is 10.4. The Morgan fingerprint density at radius 1 is 0.556 bits per heavy atom. The van der Waals surface area contributed by atoms with Crippen molar-refractivity contribution in [3.63, 3.8) is 0 Å². The zero-order valence-corrected chi connectivity index (χ0v) is 24.7. The van der Waals surface area contributed by atoms with E-state index in [1.807, 2.05) is 0 Å². The third-order valence-corrected chi connectivity index (χ3v) is 6.82. The van der Waals surface area contributed by atoms with Gasteiger partial charge in [-0.1, -0.05) is 96.5 Å². The van der Waals surface area contributed by atoms with Crippen LogP contribution in [0.3, 0.4) is 0 Å². The Morgan fingerprint density at radius 3 is 1.28 bits per heavy atom. The van der Waals surface area contributed by atoms with Crippen LogP contribution in [-0.2, 0) is 26.2 Å². The second-order valence-electron chi connectivity index (χ2n) is 8.13. The van der Waals surface area contributed by atoms with Gasteiger partial charge in [0.2, 0.25) is 0 Å². The minimum Gasteiger partial charge on any atom is -0.343 e. The molecule has 0 aromatic heterocycles. The molecule has 178 valence electrons. The molecule has 0 unspecified atom stereocenters. The largest absolute Gasteiger partial charge is 3.00 e. The maximum atomic E-state index is 3.60. The van der Waals surface area contributed by atoms with Crippen LogP contribution in [0, 0.1) is 6.92 Å². The Hall–Kier alpha value is -2.80. The van der Waals surface area contributed by atoms with E-state index in [1.54, 1.807) is 0 Å². The summed E-state index contributed by atoms with van der Waals surface area (Å²) in [6.45, 7) is 5.72. The summed E-state index contributed by atoms with van der Waals surface area (Å²) in [6, 6.07) is 50.7. The van der Waals surface area contributed by atoms with Crippen molar-refractivity contribution in [2.75, 3.05) is 0 Å². The van der Waals surface area contributed by atoms with Crippen LogP contribution >= 0.6 is 0 Å². The van der Waals surface area contributed by atoms with E-state index < -0.39 is 0 Å². The van der Waals surface area contributed by atoms with Crippen LogP contribution in [0.15, 0.2) is 146 Å². The second-order valence-corrected chi connectivity index (χ2v) is 9.75. The molecule has 0 nitrogen and oxygen atoms in total. The zero-order valence-electron chi connectivity index (χ0n) is 21.1. The van der Waals surface area contributed by atoms with Crippen LogP contribution in [0.5, 0.6) is 0 Å². The number of rotatable bonds is 3. The van der Waals surface area contributed by atoms with Crippen LogP contribution < -0.4 is 10.4 Å². The van der Waals surface area contributed by atoms with Gasteiger partial charge < -0.3 is 6.92 Å². The van der Waals surface area contributed by atoms with Crippen molar-refractivity contribution in [3.05, 3.63) is 153 Å². The fraction of sp³-hybridized carbons (Fsp3) is 0.0882. The first-order valence-electron chi connectivity index (χ1n) is 12.2. The molecule has 2 radical (unpaired) electrons. The van der Waals surface area contributed by atoms with Crippen LogP contribution in [0.25, 0.3) is 21.5 Å². The quantitative estimate of drug-likeness (QED) is 0.153. The molecule has 6 rings (SSSR count). The van der Waals surface area contributed by atoms with Gasteiger partial charge in [0.05, 0.1) is 0 Å². The smallest absolute Gasteiger partial charge is 0.343 e. The number of hydrogen-bond acceptors (Lipinski definition) is 0. The molecule has 6 aromatic carbocycles. The van der Waals surface area contributed by atoms with Crippen LogP contribution in [0.2, 0.25) is 0 Å². The summed E-state index contributed by atoms with van der Waals surface area (Å²) in [7, 11) is 0.271.